The average Bonchev–Trinajstić information content (AvgIpc) is 3.88. The molecule has 0 radical (unpaired) electrons. The second kappa shape index (κ2) is 18.6. The zero-order chi connectivity index (χ0) is 35.2. The summed E-state index contributed by atoms with van der Waals surface area (Å²) >= 11 is 6.07. The lowest BCUT2D eigenvalue weighted by molar-refractivity contribution is -0.147. The van der Waals surface area contributed by atoms with Crippen LogP contribution in [0.2, 0.25) is 5.02 Å². The maximum Gasteiger partial charge on any atom is 0.325 e. The lowest BCUT2D eigenvalue weighted by Gasteiger charge is -2.22. The molecule has 12 nitrogen and oxygen atoms in total. The lowest BCUT2D eigenvalue weighted by Crippen LogP contribution is -2.42. The number of aryl methyl sites for hydroxylation is 2. The van der Waals surface area contributed by atoms with Crippen molar-refractivity contribution in [2.24, 2.45) is 13.0 Å². The van der Waals surface area contributed by atoms with Crippen LogP contribution in [0, 0.1) is 12.8 Å². The van der Waals surface area contributed by atoms with Gasteiger partial charge in [0.2, 0.25) is 11.8 Å². The summed E-state index contributed by atoms with van der Waals surface area (Å²) < 4.78 is 13.1. The summed E-state index contributed by atoms with van der Waals surface area (Å²) in [5.41, 5.74) is 4.13. The van der Waals surface area contributed by atoms with Gasteiger partial charge in [0.05, 0.1) is 32.1 Å². The van der Waals surface area contributed by atoms with Gasteiger partial charge in [-0.2, -0.15) is 5.10 Å². The predicted molar refractivity (Wildman–Crippen MR) is 187 cm³/mol. The normalized spacial score (nSPS) is 11.8. The standard InChI is InChI=1S/C17H22N2O4.C16H17ClN4O2.C2H6/c1-12-5-3-4-6-14(12)10-19(11-16(21)23-2)15(20)9-18-17(22)13-7-8-13;1-20-16(22)15(17)13(10-18-20)19-12-3-4-14-11(9-12)5-6-21(14)7-8-23-2;1-2/h3-6,13H,7-11H2,1-2H3,(H,18,22);3-6,9-10,19H,7-8H2,1-2H3;1-2H3. The van der Waals surface area contributed by atoms with Crippen LogP contribution in [-0.2, 0) is 44.0 Å². The first-order chi connectivity index (χ1) is 23.1. The highest BCUT2D eigenvalue weighted by atomic mass is 35.5. The monoisotopic (exact) mass is 680 g/mol. The van der Waals surface area contributed by atoms with Crippen LogP contribution in [0.1, 0.15) is 37.8 Å². The fraction of sp³-hybridized carbons (Fsp3) is 0.400. The third-order valence-corrected chi connectivity index (χ3v) is 7.91. The van der Waals surface area contributed by atoms with E-state index in [9.17, 15) is 19.2 Å². The van der Waals surface area contributed by atoms with Crippen LogP contribution >= 0.6 is 11.6 Å². The Morgan fingerprint density at radius 3 is 2.48 bits per heavy atom. The van der Waals surface area contributed by atoms with E-state index in [1.807, 2.05) is 75.5 Å². The Hall–Kier alpha value is -4.68. The van der Waals surface area contributed by atoms with Crippen molar-refractivity contribution in [1.29, 1.82) is 0 Å². The molecule has 2 heterocycles. The minimum atomic E-state index is -0.486. The Bertz CT molecular complexity index is 1750. The first-order valence-corrected chi connectivity index (χ1v) is 16.2. The topological polar surface area (TPSA) is 137 Å². The largest absolute Gasteiger partial charge is 0.468 e. The van der Waals surface area contributed by atoms with Crippen LogP contribution in [-0.4, -0.2) is 70.9 Å². The van der Waals surface area contributed by atoms with Gasteiger partial charge in [-0.05, 0) is 55.2 Å². The van der Waals surface area contributed by atoms with E-state index in [0.29, 0.717) is 18.8 Å². The summed E-state index contributed by atoms with van der Waals surface area (Å²) in [4.78, 5) is 48.8. The fourth-order valence-corrected chi connectivity index (χ4v) is 4.84. The molecule has 0 aliphatic heterocycles. The van der Waals surface area contributed by atoms with Gasteiger partial charge in [-0.25, -0.2) is 4.68 Å². The van der Waals surface area contributed by atoms with Gasteiger partial charge in [0, 0.05) is 56.0 Å². The van der Waals surface area contributed by atoms with Crippen LogP contribution in [0.5, 0.6) is 0 Å². The Morgan fingerprint density at radius 2 is 1.81 bits per heavy atom. The number of benzene rings is 2. The molecule has 4 aromatic rings. The minimum absolute atomic E-state index is 0.0493. The van der Waals surface area contributed by atoms with E-state index in [1.54, 1.807) is 14.2 Å². The van der Waals surface area contributed by atoms with E-state index in [0.717, 1.165) is 47.1 Å². The van der Waals surface area contributed by atoms with Crippen LogP contribution < -0.4 is 16.2 Å². The number of methoxy groups -OCH3 is 2. The molecule has 2 aromatic heterocycles. The maximum absolute atomic E-state index is 12.4. The number of halogens is 1. The number of nitrogens with zero attached hydrogens (tertiary/aromatic N) is 4. The zero-order valence-electron chi connectivity index (χ0n) is 28.4. The van der Waals surface area contributed by atoms with Crippen LogP contribution in [0.4, 0.5) is 11.4 Å². The van der Waals surface area contributed by atoms with Crippen LogP contribution in [0.25, 0.3) is 10.9 Å². The molecule has 1 aliphatic carbocycles. The molecule has 13 heteroatoms. The molecular weight excluding hydrogens is 636 g/mol. The molecular formula is C35H45ClN6O6. The third-order valence-electron chi connectivity index (χ3n) is 7.55. The van der Waals surface area contributed by atoms with E-state index in [2.05, 4.69) is 25.0 Å². The van der Waals surface area contributed by atoms with Crippen LogP contribution in [0.3, 0.4) is 0 Å². The highest BCUT2D eigenvalue weighted by molar-refractivity contribution is 6.33. The molecule has 2 N–H and O–H groups in total. The summed E-state index contributed by atoms with van der Waals surface area (Å²) in [5.74, 6) is -0.825. The number of anilines is 2. The second-order valence-corrected chi connectivity index (χ2v) is 11.3. The Morgan fingerprint density at radius 1 is 1.08 bits per heavy atom. The number of aromatic nitrogens is 3. The zero-order valence-corrected chi connectivity index (χ0v) is 29.2. The summed E-state index contributed by atoms with van der Waals surface area (Å²) in [6.45, 7) is 7.49. The number of amides is 2. The average molecular weight is 681 g/mol. The van der Waals surface area contributed by atoms with Gasteiger partial charge in [0.1, 0.15) is 11.6 Å². The van der Waals surface area contributed by atoms with Gasteiger partial charge in [-0.3, -0.25) is 19.2 Å². The van der Waals surface area contributed by atoms with Gasteiger partial charge in [-0.15, -0.1) is 0 Å². The smallest absolute Gasteiger partial charge is 0.325 e. The van der Waals surface area contributed by atoms with Crippen molar-refractivity contribution in [3.8, 4) is 0 Å². The second-order valence-electron chi connectivity index (χ2n) is 10.9. The molecule has 1 fully saturated rings. The fourth-order valence-electron chi connectivity index (χ4n) is 4.63. The number of esters is 1. The van der Waals surface area contributed by atoms with Crippen molar-refractivity contribution >= 4 is 51.7 Å². The molecule has 2 amide bonds. The number of fused-ring (bicyclic) bond motifs is 1. The molecule has 1 saturated carbocycles. The maximum atomic E-state index is 12.4. The van der Waals surface area contributed by atoms with Gasteiger partial charge >= 0.3 is 5.97 Å². The number of carbonyl (C=O) groups is 3. The molecule has 5 rings (SSSR count). The first-order valence-electron chi connectivity index (χ1n) is 15.8. The number of nitrogens with one attached hydrogen (secondary N) is 2. The van der Waals surface area contributed by atoms with Crippen LogP contribution in [0.15, 0.2) is 65.7 Å². The molecule has 0 atom stereocenters. The molecule has 0 saturated heterocycles. The molecule has 2 aromatic carbocycles. The minimum Gasteiger partial charge on any atom is -0.468 e. The van der Waals surface area contributed by atoms with Gasteiger partial charge in [0.15, 0.2) is 0 Å². The summed E-state index contributed by atoms with van der Waals surface area (Å²) in [7, 11) is 4.54. The number of ether oxygens (including phenoxy) is 2. The molecule has 0 bridgehead atoms. The predicted octanol–water partition coefficient (Wildman–Crippen LogP) is 4.83. The number of hydrogen-bond donors (Lipinski definition) is 2. The third kappa shape index (κ3) is 10.7. The highest BCUT2D eigenvalue weighted by Crippen LogP contribution is 2.28. The van der Waals surface area contributed by atoms with Crippen molar-refractivity contribution < 1.29 is 23.9 Å². The summed E-state index contributed by atoms with van der Waals surface area (Å²) in [6.07, 6.45) is 5.34. The molecule has 0 unspecified atom stereocenters. The first kappa shape index (κ1) is 37.8. The van der Waals surface area contributed by atoms with E-state index >= 15 is 0 Å². The van der Waals surface area contributed by atoms with E-state index < -0.39 is 5.97 Å². The quantitative estimate of drug-likeness (QED) is 0.203. The van der Waals surface area contributed by atoms with Crippen molar-refractivity contribution in [2.75, 3.05) is 39.2 Å². The Kier molecular flexibility index (Phi) is 14.6. The lowest BCUT2D eigenvalue weighted by atomic mass is 10.1. The number of hydrogen-bond acceptors (Lipinski definition) is 8. The van der Waals surface area contributed by atoms with Crippen molar-refractivity contribution in [1.82, 2.24) is 24.6 Å². The highest BCUT2D eigenvalue weighted by Gasteiger charge is 2.30. The van der Waals surface area contributed by atoms with Crippen molar-refractivity contribution in [3.05, 3.63) is 87.4 Å². The van der Waals surface area contributed by atoms with E-state index in [-0.39, 0.29) is 41.4 Å². The number of rotatable bonds is 12. The Labute approximate surface area is 286 Å². The van der Waals surface area contributed by atoms with E-state index in [1.165, 1.54) is 22.9 Å². The van der Waals surface area contributed by atoms with Gasteiger partial charge < -0.3 is 29.6 Å². The molecule has 0 spiro atoms. The van der Waals surface area contributed by atoms with Crippen molar-refractivity contribution in [3.63, 3.8) is 0 Å². The van der Waals surface area contributed by atoms with Crippen molar-refractivity contribution in [2.45, 2.75) is 46.7 Å². The summed E-state index contributed by atoms with van der Waals surface area (Å²) in [5, 5.41) is 11.0. The molecule has 48 heavy (non-hydrogen) atoms. The van der Waals surface area contributed by atoms with Gasteiger partial charge in [-0.1, -0.05) is 49.7 Å². The van der Waals surface area contributed by atoms with Gasteiger partial charge in [0.25, 0.3) is 5.56 Å². The summed E-state index contributed by atoms with van der Waals surface area (Å²) in [6, 6.07) is 15.7. The Balaban J connectivity index is 0.000000248. The molecule has 1 aliphatic rings. The van der Waals surface area contributed by atoms with E-state index in [4.69, 9.17) is 16.3 Å². The number of carbonyl (C=O) groups excluding carboxylic acids is 3. The SMILES string of the molecule is CC.COC(=O)CN(Cc1ccccc1C)C(=O)CNC(=O)C1CC1.COCCn1ccc2cc(Nc3cnn(C)c(=O)c3Cl)ccc21. The molecule has 258 valence electrons.